The molecule has 0 bridgehead atoms. The van der Waals surface area contributed by atoms with E-state index in [1.165, 1.54) is 4.90 Å². The number of aromatic nitrogens is 2. The molecule has 0 atom stereocenters. The number of amides is 2. The fourth-order valence-corrected chi connectivity index (χ4v) is 3.43. The van der Waals surface area contributed by atoms with Crippen molar-refractivity contribution in [2.24, 2.45) is 0 Å². The Labute approximate surface area is 174 Å². The molecule has 1 N–H and O–H groups in total. The summed E-state index contributed by atoms with van der Waals surface area (Å²) in [6, 6.07) is 16.8. The van der Waals surface area contributed by atoms with E-state index in [-0.39, 0.29) is 11.1 Å². The number of hydrogen-bond donors (Lipinski definition) is 1. The molecule has 7 heteroatoms. The summed E-state index contributed by atoms with van der Waals surface area (Å²) in [7, 11) is 3.43. The lowest BCUT2D eigenvalue weighted by atomic mass is 10.1. The van der Waals surface area contributed by atoms with Gasteiger partial charge in [0.2, 0.25) is 0 Å². The molecule has 2 amide bonds. The molecule has 2 aromatic carbocycles. The average Bonchev–Trinajstić information content (AvgIpc) is 3.00. The number of carbonyl (C=O) groups excluding carboxylic acids is 2. The Bertz CT molecular complexity index is 1010. The van der Waals surface area contributed by atoms with Crippen molar-refractivity contribution in [1.82, 2.24) is 14.7 Å². The first-order valence-corrected chi connectivity index (χ1v) is 10.0. The molecule has 6 nitrogen and oxygen atoms in total. The van der Waals surface area contributed by atoms with Crippen LogP contribution in [0.2, 0.25) is 0 Å². The molecule has 1 aromatic heterocycles. The molecule has 3 aromatic rings. The van der Waals surface area contributed by atoms with Gasteiger partial charge in [0.1, 0.15) is 0 Å². The van der Waals surface area contributed by atoms with Crippen LogP contribution in [0.3, 0.4) is 0 Å². The van der Waals surface area contributed by atoms with E-state index in [0.717, 1.165) is 33.6 Å². The molecular weight excluding hydrogens is 384 g/mol. The zero-order valence-electron chi connectivity index (χ0n) is 17.0. The van der Waals surface area contributed by atoms with E-state index < -0.39 is 0 Å². The van der Waals surface area contributed by atoms with Gasteiger partial charge in [0.25, 0.3) is 11.1 Å². The van der Waals surface area contributed by atoms with Crippen molar-refractivity contribution >= 4 is 28.6 Å². The Morgan fingerprint density at radius 3 is 2.24 bits per heavy atom. The zero-order chi connectivity index (χ0) is 21.0. The smallest absolute Gasteiger partial charge is 0.285 e. The van der Waals surface area contributed by atoms with Gasteiger partial charge in [-0.2, -0.15) is 5.10 Å². The Hall–Kier alpha value is -3.06. The monoisotopic (exact) mass is 408 g/mol. The van der Waals surface area contributed by atoms with Gasteiger partial charge in [-0.05, 0) is 73.6 Å². The number of thioether (sulfide) groups is 1. The van der Waals surface area contributed by atoms with Crippen LogP contribution in [0.4, 0.5) is 10.5 Å². The Morgan fingerprint density at radius 2 is 1.69 bits per heavy atom. The van der Waals surface area contributed by atoms with Gasteiger partial charge in [-0.25, -0.2) is 0 Å². The molecule has 29 heavy (non-hydrogen) atoms. The SMILES string of the molecule is Cc1cc(C)n(Cc2ccc(C(=O)Nc3ccc(SC(=O)N(C)C)cc3)cc2)n1. The van der Waals surface area contributed by atoms with Crippen LogP contribution in [-0.2, 0) is 6.54 Å². The van der Waals surface area contributed by atoms with Crippen molar-refractivity contribution < 1.29 is 9.59 Å². The first kappa shape index (κ1) is 20.7. The van der Waals surface area contributed by atoms with Crippen LogP contribution in [0.1, 0.15) is 27.3 Å². The quantitative estimate of drug-likeness (QED) is 0.628. The number of hydrogen-bond acceptors (Lipinski definition) is 4. The molecule has 0 aliphatic rings. The number of aryl methyl sites for hydroxylation is 2. The van der Waals surface area contributed by atoms with E-state index in [4.69, 9.17) is 0 Å². The highest BCUT2D eigenvalue weighted by Crippen LogP contribution is 2.22. The van der Waals surface area contributed by atoms with Crippen molar-refractivity contribution in [2.45, 2.75) is 25.3 Å². The van der Waals surface area contributed by atoms with Crippen molar-refractivity contribution in [3.05, 3.63) is 77.1 Å². The normalized spacial score (nSPS) is 10.6. The van der Waals surface area contributed by atoms with Crippen LogP contribution < -0.4 is 5.32 Å². The lowest BCUT2D eigenvalue weighted by Gasteiger charge is -2.10. The summed E-state index contributed by atoms with van der Waals surface area (Å²) in [4.78, 5) is 26.6. The third-order valence-electron chi connectivity index (χ3n) is 4.33. The van der Waals surface area contributed by atoms with Gasteiger partial charge in [-0.1, -0.05) is 12.1 Å². The highest BCUT2D eigenvalue weighted by atomic mass is 32.2. The van der Waals surface area contributed by atoms with Gasteiger partial charge in [-0.15, -0.1) is 0 Å². The first-order chi connectivity index (χ1) is 13.8. The van der Waals surface area contributed by atoms with E-state index in [0.29, 0.717) is 17.8 Å². The van der Waals surface area contributed by atoms with E-state index in [1.807, 2.05) is 61.0 Å². The molecule has 1 heterocycles. The number of benzene rings is 2. The second-order valence-corrected chi connectivity index (χ2v) is 8.05. The molecule has 0 spiro atoms. The number of nitrogens with one attached hydrogen (secondary N) is 1. The lowest BCUT2D eigenvalue weighted by Crippen LogP contribution is -2.16. The molecular formula is C22H24N4O2S. The van der Waals surface area contributed by atoms with Crippen LogP contribution in [0.5, 0.6) is 0 Å². The van der Waals surface area contributed by atoms with Crippen molar-refractivity contribution in [1.29, 1.82) is 0 Å². The van der Waals surface area contributed by atoms with E-state index in [2.05, 4.69) is 10.4 Å². The third-order valence-corrected chi connectivity index (χ3v) is 5.38. The molecule has 0 unspecified atom stereocenters. The molecule has 0 saturated heterocycles. The van der Waals surface area contributed by atoms with E-state index >= 15 is 0 Å². The maximum Gasteiger partial charge on any atom is 0.285 e. The molecule has 0 radical (unpaired) electrons. The number of rotatable bonds is 5. The number of anilines is 1. The summed E-state index contributed by atoms with van der Waals surface area (Å²) in [6.07, 6.45) is 0. The van der Waals surface area contributed by atoms with Gasteiger partial charge in [-0.3, -0.25) is 14.3 Å². The minimum absolute atomic E-state index is 0.0395. The summed E-state index contributed by atoms with van der Waals surface area (Å²) >= 11 is 1.15. The standard InChI is InChI=1S/C22H24N4O2S/c1-15-13-16(2)26(24-15)14-17-5-7-18(8-6-17)21(27)23-19-9-11-20(12-10-19)29-22(28)25(3)4/h5-13H,14H2,1-4H3,(H,23,27). The van der Waals surface area contributed by atoms with Gasteiger partial charge >= 0.3 is 0 Å². The second-order valence-electron chi connectivity index (χ2n) is 7.02. The lowest BCUT2D eigenvalue weighted by molar-refractivity contribution is 0.102. The van der Waals surface area contributed by atoms with Crippen LogP contribution in [-0.4, -0.2) is 39.9 Å². The van der Waals surface area contributed by atoms with Crippen LogP contribution in [0.15, 0.2) is 59.5 Å². The minimum atomic E-state index is -0.174. The van der Waals surface area contributed by atoms with Gasteiger partial charge in [0.05, 0.1) is 12.2 Å². The fraction of sp³-hybridized carbons (Fsp3) is 0.227. The number of carbonyl (C=O) groups is 2. The molecule has 0 aliphatic heterocycles. The molecule has 3 rings (SSSR count). The predicted octanol–water partition coefficient (Wildman–Crippen LogP) is 4.57. The largest absolute Gasteiger partial charge is 0.339 e. The molecule has 0 aliphatic carbocycles. The highest BCUT2D eigenvalue weighted by molar-refractivity contribution is 8.13. The van der Waals surface area contributed by atoms with Crippen LogP contribution in [0, 0.1) is 13.8 Å². The fourth-order valence-electron chi connectivity index (χ4n) is 2.77. The maximum absolute atomic E-state index is 12.5. The summed E-state index contributed by atoms with van der Waals surface area (Å²) in [5.74, 6) is -0.174. The topological polar surface area (TPSA) is 67.2 Å². The maximum atomic E-state index is 12.5. The van der Waals surface area contributed by atoms with Gasteiger partial charge in [0.15, 0.2) is 0 Å². The summed E-state index contributed by atoms with van der Waals surface area (Å²) in [5.41, 5.74) is 4.46. The van der Waals surface area contributed by atoms with Crippen LogP contribution in [0.25, 0.3) is 0 Å². The highest BCUT2D eigenvalue weighted by Gasteiger charge is 2.09. The summed E-state index contributed by atoms with van der Waals surface area (Å²) in [5, 5.41) is 7.31. The summed E-state index contributed by atoms with van der Waals surface area (Å²) in [6.45, 7) is 4.68. The summed E-state index contributed by atoms with van der Waals surface area (Å²) < 4.78 is 1.95. The molecule has 0 saturated carbocycles. The van der Waals surface area contributed by atoms with Crippen LogP contribution >= 0.6 is 11.8 Å². The molecule has 0 fully saturated rings. The Kier molecular flexibility index (Phi) is 6.39. The van der Waals surface area contributed by atoms with Crippen molar-refractivity contribution in [3.63, 3.8) is 0 Å². The molecule has 150 valence electrons. The Balaban J connectivity index is 1.60. The Morgan fingerprint density at radius 1 is 1.03 bits per heavy atom. The first-order valence-electron chi connectivity index (χ1n) is 9.22. The van der Waals surface area contributed by atoms with E-state index in [9.17, 15) is 9.59 Å². The minimum Gasteiger partial charge on any atom is -0.339 e. The third kappa shape index (κ3) is 5.48. The second kappa shape index (κ2) is 8.96. The van der Waals surface area contributed by atoms with E-state index in [1.54, 1.807) is 26.2 Å². The number of nitrogens with zero attached hydrogens (tertiary/aromatic N) is 3. The zero-order valence-corrected chi connectivity index (χ0v) is 17.8. The predicted molar refractivity (Wildman–Crippen MR) is 117 cm³/mol. The van der Waals surface area contributed by atoms with Crippen molar-refractivity contribution in [2.75, 3.05) is 19.4 Å². The van der Waals surface area contributed by atoms with Gasteiger partial charge in [0, 0.05) is 35.9 Å². The van der Waals surface area contributed by atoms with Crippen molar-refractivity contribution in [3.8, 4) is 0 Å². The van der Waals surface area contributed by atoms with Gasteiger partial charge < -0.3 is 10.2 Å². The average molecular weight is 409 g/mol.